The first-order valence-electron chi connectivity index (χ1n) is 20.0. The van der Waals surface area contributed by atoms with Gasteiger partial charge in [0.1, 0.15) is 0 Å². The number of nitrogen functional groups attached to an aromatic ring is 1. The first-order chi connectivity index (χ1) is 28.2. The molecule has 0 spiro atoms. The fourth-order valence-corrected chi connectivity index (χ4v) is 9.29. The molecule has 0 aliphatic heterocycles. The molecule has 0 heterocycles. The molecule has 2 heteroatoms. The van der Waals surface area contributed by atoms with Crippen molar-refractivity contribution < 1.29 is 0 Å². The average Bonchev–Trinajstić information content (AvgIpc) is 3.47. The van der Waals surface area contributed by atoms with Crippen molar-refractivity contribution in [1.29, 1.82) is 0 Å². The normalized spacial score (nSPS) is 12.7. The number of hydrogen-bond donors (Lipinski definition) is 2. The standard InChI is InChI=1S/C50H36.C6H7NS/c1-31-16-18-34(19-17-31)37-24-25-40-43-29-44-45(30-47(43)50(2,3)46(40)28-37)49(39-23-21-33-11-5-7-13-36(33)27-39)42-15-9-8-14-41(42)48(44)38-22-20-32-10-4-6-12-35(32)26-38;7-5-3-1-2-4-6(5)8/h4-30H,1-3H3;1-4,8H,7H2. The van der Waals surface area contributed by atoms with Gasteiger partial charge in [-0.3, -0.25) is 0 Å². The Morgan fingerprint density at radius 1 is 0.397 bits per heavy atom. The van der Waals surface area contributed by atoms with Gasteiger partial charge >= 0.3 is 0 Å². The minimum atomic E-state index is -0.158. The second-order valence-electron chi connectivity index (χ2n) is 16.2. The average molecular weight is 762 g/mol. The van der Waals surface area contributed by atoms with Crippen LogP contribution in [0.5, 0.6) is 0 Å². The van der Waals surface area contributed by atoms with Crippen molar-refractivity contribution in [3.8, 4) is 44.5 Å². The van der Waals surface area contributed by atoms with Gasteiger partial charge in [-0.25, -0.2) is 0 Å². The van der Waals surface area contributed by atoms with Crippen LogP contribution in [0.15, 0.2) is 193 Å². The number of anilines is 1. The van der Waals surface area contributed by atoms with Crippen LogP contribution in [0.3, 0.4) is 0 Å². The Morgan fingerprint density at radius 2 is 0.879 bits per heavy atom. The number of thiol groups is 1. The molecule has 0 saturated carbocycles. The van der Waals surface area contributed by atoms with Gasteiger partial charge in [0.15, 0.2) is 0 Å². The molecule has 2 N–H and O–H groups in total. The molecular weight excluding hydrogens is 719 g/mol. The number of rotatable bonds is 3. The minimum absolute atomic E-state index is 0.158. The highest BCUT2D eigenvalue weighted by atomic mass is 32.1. The lowest BCUT2D eigenvalue weighted by molar-refractivity contribution is 0.661. The lowest BCUT2D eigenvalue weighted by Gasteiger charge is -2.24. The monoisotopic (exact) mass is 761 g/mol. The van der Waals surface area contributed by atoms with Crippen molar-refractivity contribution in [1.82, 2.24) is 0 Å². The predicted octanol–water partition coefficient (Wildman–Crippen LogP) is 15.5. The Hall–Kier alpha value is -6.61. The van der Waals surface area contributed by atoms with Gasteiger partial charge in [0.25, 0.3) is 0 Å². The van der Waals surface area contributed by atoms with Gasteiger partial charge in [-0.05, 0) is 148 Å². The number of para-hydroxylation sites is 1. The summed E-state index contributed by atoms with van der Waals surface area (Å²) in [5.41, 5.74) is 20.4. The van der Waals surface area contributed by atoms with Crippen LogP contribution in [-0.4, -0.2) is 0 Å². The number of hydrogen-bond acceptors (Lipinski definition) is 2. The highest BCUT2D eigenvalue weighted by molar-refractivity contribution is 7.80. The molecule has 0 aromatic heterocycles. The van der Waals surface area contributed by atoms with Crippen LogP contribution < -0.4 is 5.73 Å². The zero-order valence-corrected chi connectivity index (χ0v) is 33.8. The molecule has 58 heavy (non-hydrogen) atoms. The third-order valence-electron chi connectivity index (χ3n) is 12.2. The maximum absolute atomic E-state index is 5.44. The molecule has 10 aromatic rings. The first-order valence-corrected chi connectivity index (χ1v) is 20.5. The maximum atomic E-state index is 5.44. The zero-order chi connectivity index (χ0) is 39.5. The highest BCUT2D eigenvalue weighted by Crippen LogP contribution is 2.54. The Morgan fingerprint density at radius 3 is 1.45 bits per heavy atom. The number of aryl methyl sites for hydroxylation is 1. The summed E-state index contributed by atoms with van der Waals surface area (Å²) in [6, 6.07) is 69.0. The Balaban J connectivity index is 0.000000459. The van der Waals surface area contributed by atoms with Crippen LogP contribution in [0.4, 0.5) is 5.69 Å². The van der Waals surface area contributed by atoms with Crippen LogP contribution in [0.2, 0.25) is 0 Å². The van der Waals surface area contributed by atoms with Crippen molar-refractivity contribution in [2.75, 3.05) is 5.73 Å². The molecule has 0 unspecified atom stereocenters. The third-order valence-corrected chi connectivity index (χ3v) is 12.6. The quantitative estimate of drug-likeness (QED) is 0.105. The van der Waals surface area contributed by atoms with Crippen molar-refractivity contribution >= 4 is 61.4 Å². The second kappa shape index (κ2) is 14.1. The fourth-order valence-electron chi connectivity index (χ4n) is 9.13. The van der Waals surface area contributed by atoms with Gasteiger partial charge in [-0.2, -0.15) is 0 Å². The Kier molecular flexibility index (Phi) is 8.69. The number of nitrogens with two attached hydrogens (primary N) is 1. The molecular formula is C56H43NS. The Bertz CT molecular complexity index is 3210. The molecule has 10 aromatic carbocycles. The molecule has 0 radical (unpaired) electrons. The molecule has 0 fully saturated rings. The first kappa shape index (κ1) is 35.8. The smallest absolute Gasteiger partial charge is 0.0449 e. The van der Waals surface area contributed by atoms with Crippen LogP contribution in [0, 0.1) is 6.92 Å². The topological polar surface area (TPSA) is 26.0 Å². The summed E-state index contributed by atoms with van der Waals surface area (Å²) >= 11 is 4.07. The predicted molar refractivity (Wildman–Crippen MR) is 253 cm³/mol. The molecule has 0 saturated heterocycles. The van der Waals surface area contributed by atoms with Crippen LogP contribution in [0.25, 0.3) is 87.6 Å². The molecule has 278 valence electrons. The van der Waals surface area contributed by atoms with E-state index in [4.69, 9.17) is 5.73 Å². The molecule has 0 bridgehead atoms. The summed E-state index contributed by atoms with van der Waals surface area (Å²) in [7, 11) is 0. The van der Waals surface area contributed by atoms with E-state index in [1.807, 2.05) is 24.3 Å². The molecule has 11 rings (SSSR count). The summed E-state index contributed by atoms with van der Waals surface area (Å²) in [4.78, 5) is 0.840. The van der Waals surface area contributed by atoms with E-state index in [0.29, 0.717) is 0 Å². The molecule has 1 aliphatic rings. The largest absolute Gasteiger partial charge is 0.398 e. The summed E-state index contributed by atoms with van der Waals surface area (Å²) in [5, 5.41) is 10.2. The van der Waals surface area contributed by atoms with E-state index in [0.717, 1.165) is 10.6 Å². The van der Waals surface area contributed by atoms with Gasteiger partial charge in [0.05, 0.1) is 0 Å². The fraction of sp³-hybridized carbons (Fsp3) is 0.0714. The van der Waals surface area contributed by atoms with Gasteiger partial charge < -0.3 is 5.73 Å². The highest BCUT2D eigenvalue weighted by Gasteiger charge is 2.37. The molecule has 1 nitrogen and oxygen atoms in total. The summed E-state index contributed by atoms with van der Waals surface area (Å²) in [6.07, 6.45) is 0. The van der Waals surface area contributed by atoms with Gasteiger partial charge in [0.2, 0.25) is 0 Å². The summed E-state index contributed by atoms with van der Waals surface area (Å²) < 4.78 is 0. The molecule has 0 atom stereocenters. The minimum Gasteiger partial charge on any atom is -0.398 e. The Labute approximate surface area is 345 Å². The van der Waals surface area contributed by atoms with Gasteiger partial charge in [-0.1, -0.05) is 165 Å². The van der Waals surface area contributed by atoms with Gasteiger partial charge in [-0.15, -0.1) is 12.6 Å². The van der Waals surface area contributed by atoms with E-state index in [1.54, 1.807) is 0 Å². The van der Waals surface area contributed by atoms with E-state index in [2.05, 4.69) is 197 Å². The van der Waals surface area contributed by atoms with Crippen LogP contribution in [-0.2, 0) is 5.41 Å². The third kappa shape index (κ3) is 6.04. The van der Waals surface area contributed by atoms with Crippen molar-refractivity contribution in [3.05, 3.63) is 205 Å². The van der Waals surface area contributed by atoms with Crippen LogP contribution in [0.1, 0.15) is 30.5 Å². The maximum Gasteiger partial charge on any atom is 0.0449 e. The summed E-state index contributed by atoms with van der Waals surface area (Å²) in [5.74, 6) is 0. The van der Waals surface area contributed by atoms with E-state index in [-0.39, 0.29) is 5.41 Å². The number of benzene rings is 10. The van der Waals surface area contributed by atoms with Crippen molar-refractivity contribution in [3.63, 3.8) is 0 Å². The van der Waals surface area contributed by atoms with E-state index < -0.39 is 0 Å². The second-order valence-corrected chi connectivity index (χ2v) is 16.7. The van der Waals surface area contributed by atoms with E-state index in [9.17, 15) is 0 Å². The van der Waals surface area contributed by atoms with E-state index >= 15 is 0 Å². The van der Waals surface area contributed by atoms with Crippen molar-refractivity contribution in [2.24, 2.45) is 0 Å². The summed E-state index contributed by atoms with van der Waals surface area (Å²) in [6.45, 7) is 6.96. The molecule has 1 aliphatic carbocycles. The van der Waals surface area contributed by atoms with Crippen LogP contribution >= 0.6 is 12.6 Å². The van der Waals surface area contributed by atoms with E-state index in [1.165, 1.54) is 104 Å². The van der Waals surface area contributed by atoms with Gasteiger partial charge in [0, 0.05) is 16.0 Å². The lowest BCUT2D eigenvalue weighted by Crippen LogP contribution is -2.15. The SMILES string of the molecule is Cc1ccc(-c2ccc3c(c2)C(C)(C)c2cc4c(-c5ccc6ccccc6c5)c5ccccc5c(-c5ccc6ccccc6c5)c4cc2-3)cc1.Nc1ccccc1S. The number of fused-ring (bicyclic) bond motifs is 7. The van der Waals surface area contributed by atoms with Crippen molar-refractivity contribution in [2.45, 2.75) is 31.1 Å². The zero-order valence-electron chi connectivity index (χ0n) is 32.9. The molecule has 0 amide bonds. The lowest BCUT2D eigenvalue weighted by atomic mass is 9.79.